The molecule has 1 saturated heterocycles. The van der Waals surface area contributed by atoms with Crippen LogP contribution in [0.25, 0.3) is 0 Å². The van der Waals surface area contributed by atoms with E-state index in [9.17, 15) is 0 Å². The molecule has 0 aliphatic carbocycles. The predicted molar refractivity (Wildman–Crippen MR) is 42.1 cm³/mol. The molecule has 1 heterocycles. The molecule has 1 aliphatic rings. The van der Waals surface area contributed by atoms with E-state index in [4.69, 9.17) is 4.74 Å². The maximum atomic E-state index is 5.34. The van der Waals surface area contributed by atoms with Crippen LogP contribution < -0.4 is 5.32 Å². The van der Waals surface area contributed by atoms with Gasteiger partial charge in [0.2, 0.25) is 0 Å². The van der Waals surface area contributed by atoms with Crippen molar-refractivity contribution >= 4 is 0 Å². The molecule has 0 bridgehead atoms. The second-order valence-corrected chi connectivity index (χ2v) is 3.52. The van der Waals surface area contributed by atoms with Crippen molar-refractivity contribution in [1.29, 1.82) is 0 Å². The minimum absolute atomic E-state index is 0.174. The van der Waals surface area contributed by atoms with E-state index in [0.29, 0.717) is 6.10 Å². The largest absolute Gasteiger partial charge is 0.380 e. The second kappa shape index (κ2) is 2.89. The summed E-state index contributed by atoms with van der Waals surface area (Å²) in [6, 6.07) is 0. The average molecular weight is 143 g/mol. The van der Waals surface area contributed by atoms with Crippen LogP contribution in [0.4, 0.5) is 0 Å². The summed E-state index contributed by atoms with van der Waals surface area (Å²) in [4.78, 5) is 0. The maximum absolute atomic E-state index is 5.34. The summed E-state index contributed by atoms with van der Waals surface area (Å²) >= 11 is 0. The lowest BCUT2D eigenvalue weighted by molar-refractivity contribution is 0.00936. The summed E-state index contributed by atoms with van der Waals surface area (Å²) in [7, 11) is 1.79. The molecule has 0 aromatic rings. The minimum Gasteiger partial charge on any atom is -0.380 e. The van der Waals surface area contributed by atoms with Crippen LogP contribution in [0.2, 0.25) is 0 Å². The molecule has 2 nitrogen and oxygen atoms in total. The summed E-state index contributed by atoms with van der Waals surface area (Å²) < 4.78 is 5.34. The zero-order chi connectivity index (χ0) is 7.61. The van der Waals surface area contributed by atoms with Gasteiger partial charge in [-0.15, -0.1) is 0 Å². The van der Waals surface area contributed by atoms with Gasteiger partial charge in [0.25, 0.3) is 0 Å². The first-order valence-electron chi connectivity index (χ1n) is 3.94. The Balaban J connectivity index is 2.51. The second-order valence-electron chi connectivity index (χ2n) is 3.52. The summed E-state index contributed by atoms with van der Waals surface area (Å²) in [6.45, 7) is 5.52. The van der Waals surface area contributed by atoms with Crippen LogP contribution in [-0.4, -0.2) is 25.3 Å². The van der Waals surface area contributed by atoms with E-state index >= 15 is 0 Å². The minimum atomic E-state index is 0.174. The van der Waals surface area contributed by atoms with Gasteiger partial charge in [-0.3, -0.25) is 0 Å². The Morgan fingerprint density at radius 1 is 1.50 bits per heavy atom. The predicted octanol–water partition coefficient (Wildman–Crippen LogP) is 1.16. The number of methoxy groups -OCH3 is 1. The normalized spacial score (nSPS) is 32.1. The van der Waals surface area contributed by atoms with E-state index in [1.807, 2.05) is 0 Å². The van der Waals surface area contributed by atoms with Gasteiger partial charge in [-0.1, -0.05) is 0 Å². The maximum Gasteiger partial charge on any atom is 0.0747 e. The van der Waals surface area contributed by atoms with Gasteiger partial charge in [-0.05, 0) is 33.2 Å². The Bertz CT molecular complexity index is 112. The van der Waals surface area contributed by atoms with Crippen molar-refractivity contribution in [3.8, 4) is 0 Å². The van der Waals surface area contributed by atoms with Gasteiger partial charge in [-0.25, -0.2) is 0 Å². The first-order chi connectivity index (χ1) is 4.67. The van der Waals surface area contributed by atoms with E-state index in [2.05, 4.69) is 19.2 Å². The van der Waals surface area contributed by atoms with E-state index in [1.54, 1.807) is 7.11 Å². The van der Waals surface area contributed by atoms with Crippen LogP contribution >= 0.6 is 0 Å². The average Bonchev–Trinajstić information content (AvgIpc) is 1.87. The fraction of sp³-hybridized carbons (Fsp3) is 1.00. The molecule has 1 N–H and O–H groups in total. The highest BCUT2D eigenvalue weighted by atomic mass is 16.5. The Labute approximate surface area is 63.0 Å². The highest BCUT2D eigenvalue weighted by Gasteiger charge is 2.31. The molecule has 0 aromatic carbocycles. The molecular formula is C8H17NO. The van der Waals surface area contributed by atoms with Crippen molar-refractivity contribution in [3.63, 3.8) is 0 Å². The Morgan fingerprint density at radius 2 is 2.20 bits per heavy atom. The van der Waals surface area contributed by atoms with Crippen LogP contribution in [0, 0.1) is 0 Å². The fourth-order valence-electron chi connectivity index (χ4n) is 1.59. The third-order valence-corrected chi connectivity index (χ3v) is 2.31. The lowest BCUT2D eigenvalue weighted by Crippen LogP contribution is -2.54. The fourth-order valence-corrected chi connectivity index (χ4v) is 1.59. The number of piperidine rings is 1. The molecule has 0 amide bonds. The molecule has 0 spiro atoms. The number of nitrogens with one attached hydrogen (secondary N) is 1. The molecule has 1 rings (SSSR count). The summed E-state index contributed by atoms with van der Waals surface area (Å²) in [5, 5.41) is 3.43. The molecular weight excluding hydrogens is 126 g/mol. The summed E-state index contributed by atoms with van der Waals surface area (Å²) in [6.07, 6.45) is 2.82. The van der Waals surface area contributed by atoms with Crippen LogP contribution in [-0.2, 0) is 4.74 Å². The molecule has 0 radical (unpaired) electrons. The molecule has 60 valence electrons. The lowest BCUT2D eigenvalue weighted by Gasteiger charge is -2.38. The van der Waals surface area contributed by atoms with Crippen molar-refractivity contribution in [2.45, 2.75) is 38.3 Å². The molecule has 1 atom stereocenters. The van der Waals surface area contributed by atoms with Gasteiger partial charge < -0.3 is 10.1 Å². The van der Waals surface area contributed by atoms with Gasteiger partial charge in [0, 0.05) is 12.6 Å². The van der Waals surface area contributed by atoms with E-state index in [-0.39, 0.29) is 5.54 Å². The molecule has 10 heavy (non-hydrogen) atoms. The number of hydrogen-bond acceptors (Lipinski definition) is 2. The van der Waals surface area contributed by atoms with Gasteiger partial charge in [0.15, 0.2) is 0 Å². The van der Waals surface area contributed by atoms with Crippen molar-refractivity contribution in [1.82, 2.24) is 5.32 Å². The van der Waals surface area contributed by atoms with Crippen molar-refractivity contribution < 1.29 is 4.74 Å². The third kappa shape index (κ3) is 1.50. The molecule has 1 fully saturated rings. The number of rotatable bonds is 1. The van der Waals surface area contributed by atoms with Crippen LogP contribution in [0.3, 0.4) is 0 Å². The van der Waals surface area contributed by atoms with E-state index in [1.165, 1.54) is 12.8 Å². The van der Waals surface area contributed by atoms with Crippen LogP contribution in [0.1, 0.15) is 26.7 Å². The van der Waals surface area contributed by atoms with Gasteiger partial charge in [0.1, 0.15) is 0 Å². The van der Waals surface area contributed by atoms with Crippen molar-refractivity contribution in [2.75, 3.05) is 13.7 Å². The zero-order valence-electron chi connectivity index (χ0n) is 7.11. The topological polar surface area (TPSA) is 21.3 Å². The van der Waals surface area contributed by atoms with Gasteiger partial charge >= 0.3 is 0 Å². The third-order valence-electron chi connectivity index (χ3n) is 2.31. The first-order valence-corrected chi connectivity index (χ1v) is 3.94. The van der Waals surface area contributed by atoms with E-state index in [0.717, 1.165) is 6.54 Å². The molecule has 0 saturated carbocycles. The summed E-state index contributed by atoms with van der Waals surface area (Å²) in [5.74, 6) is 0. The molecule has 2 heteroatoms. The lowest BCUT2D eigenvalue weighted by atomic mass is 9.90. The molecule has 0 aromatic heterocycles. The van der Waals surface area contributed by atoms with Crippen molar-refractivity contribution in [2.24, 2.45) is 0 Å². The van der Waals surface area contributed by atoms with Gasteiger partial charge in [0.05, 0.1) is 6.10 Å². The van der Waals surface area contributed by atoms with Crippen LogP contribution in [0.5, 0.6) is 0 Å². The Morgan fingerprint density at radius 3 is 2.60 bits per heavy atom. The highest BCUT2D eigenvalue weighted by molar-refractivity contribution is 4.90. The number of hydrogen-bond donors (Lipinski definition) is 1. The van der Waals surface area contributed by atoms with Crippen LogP contribution in [0.15, 0.2) is 0 Å². The smallest absolute Gasteiger partial charge is 0.0747 e. The standard InChI is InChI=1S/C8H17NO/c1-8(2)7(10-3)5-4-6-9-8/h7,9H,4-6H2,1-3H3. The van der Waals surface area contributed by atoms with Gasteiger partial charge in [-0.2, -0.15) is 0 Å². The summed E-state index contributed by atoms with van der Waals surface area (Å²) in [5.41, 5.74) is 0.174. The SMILES string of the molecule is COC1CCCNC1(C)C. The quantitative estimate of drug-likeness (QED) is 0.595. The van der Waals surface area contributed by atoms with E-state index < -0.39 is 0 Å². The Hall–Kier alpha value is -0.0800. The molecule has 1 aliphatic heterocycles. The zero-order valence-corrected chi connectivity index (χ0v) is 7.11. The monoisotopic (exact) mass is 143 g/mol. The number of ether oxygens (including phenoxy) is 1. The molecule has 1 unspecified atom stereocenters. The van der Waals surface area contributed by atoms with Crippen molar-refractivity contribution in [3.05, 3.63) is 0 Å². The highest BCUT2D eigenvalue weighted by Crippen LogP contribution is 2.20. The Kier molecular flexibility index (Phi) is 2.32. The first kappa shape index (κ1) is 8.02.